The predicted molar refractivity (Wildman–Crippen MR) is 71.1 cm³/mol. The van der Waals surface area contributed by atoms with Gasteiger partial charge in [-0.2, -0.15) is 0 Å². The highest BCUT2D eigenvalue weighted by molar-refractivity contribution is 7.09. The van der Waals surface area contributed by atoms with E-state index in [-0.39, 0.29) is 12.1 Å². The minimum Gasteiger partial charge on any atom is -0.301 e. The molecule has 90 valence electrons. The van der Waals surface area contributed by atoms with Crippen LogP contribution in [0.2, 0.25) is 0 Å². The Labute approximate surface area is 106 Å². The van der Waals surface area contributed by atoms with Crippen LogP contribution >= 0.6 is 11.3 Å². The minimum absolute atomic E-state index is 0.230. The van der Waals surface area contributed by atoms with E-state index in [1.807, 2.05) is 31.3 Å². The van der Waals surface area contributed by atoms with Crippen LogP contribution in [0.25, 0.3) is 0 Å². The van der Waals surface area contributed by atoms with Crippen LogP contribution in [0.1, 0.15) is 42.3 Å². The van der Waals surface area contributed by atoms with Crippen LogP contribution in [-0.4, -0.2) is 9.97 Å². The number of nitrogens with one attached hydrogen (secondary N) is 1. The third kappa shape index (κ3) is 3.11. The van der Waals surface area contributed by atoms with Crippen molar-refractivity contribution >= 4 is 11.3 Å². The smallest absolute Gasteiger partial charge is 0.0898 e. The molecule has 0 amide bonds. The number of rotatable bonds is 4. The van der Waals surface area contributed by atoms with E-state index in [1.54, 1.807) is 11.3 Å². The fraction of sp³-hybridized carbons (Fsp3) is 0.385. The van der Waals surface area contributed by atoms with Crippen LogP contribution in [0, 0.1) is 6.92 Å². The summed E-state index contributed by atoms with van der Waals surface area (Å²) in [6.45, 7) is 6.29. The first-order valence-corrected chi connectivity index (χ1v) is 6.64. The highest BCUT2D eigenvalue weighted by atomic mass is 32.1. The molecule has 1 N–H and O–H groups in total. The fourth-order valence-electron chi connectivity index (χ4n) is 1.76. The molecule has 2 aromatic heterocycles. The van der Waals surface area contributed by atoms with Crippen LogP contribution in [0.3, 0.4) is 0 Å². The Morgan fingerprint density at radius 3 is 2.53 bits per heavy atom. The summed E-state index contributed by atoms with van der Waals surface area (Å²) in [5.74, 6) is 0. The number of hydrogen-bond donors (Lipinski definition) is 1. The summed E-state index contributed by atoms with van der Waals surface area (Å²) in [6, 6.07) is 6.46. The van der Waals surface area contributed by atoms with Crippen molar-refractivity contribution in [3.8, 4) is 0 Å². The molecule has 2 rings (SSSR count). The topological polar surface area (TPSA) is 37.8 Å². The Morgan fingerprint density at radius 2 is 1.94 bits per heavy atom. The first-order chi connectivity index (χ1) is 8.16. The Hall–Kier alpha value is -1.26. The molecule has 2 aromatic rings. The van der Waals surface area contributed by atoms with Gasteiger partial charge in [0.1, 0.15) is 0 Å². The van der Waals surface area contributed by atoms with Gasteiger partial charge >= 0.3 is 0 Å². The van der Waals surface area contributed by atoms with E-state index >= 15 is 0 Å². The Bertz CT molecular complexity index is 467. The van der Waals surface area contributed by atoms with Gasteiger partial charge < -0.3 is 5.32 Å². The molecule has 1 unspecified atom stereocenters. The van der Waals surface area contributed by atoms with Crippen LogP contribution in [0.15, 0.2) is 29.8 Å². The molecule has 0 aromatic carbocycles. The van der Waals surface area contributed by atoms with Gasteiger partial charge in [0.2, 0.25) is 0 Å². The molecule has 0 aliphatic carbocycles. The molecule has 17 heavy (non-hydrogen) atoms. The highest BCUT2D eigenvalue weighted by Gasteiger charge is 2.13. The minimum atomic E-state index is 0.230. The third-order valence-electron chi connectivity index (χ3n) is 2.71. The van der Waals surface area contributed by atoms with Crippen molar-refractivity contribution < 1.29 is 0 Å². The molecule has 2 atom stereocenters. The fourth-order valence-corrected chi connectivity index (χ4v) is 2.46. The quantitative estimate of drug-likeness (QED) is 0.901. The average Bonchev–Trinajstić information content (AvgIpc) is 2.77. The molecule has 0 fully saturated rings. The monoisotopic (exact) mass is 247 g/mol. The number of nitrogens with zero attached hydrogens (tertiary/aromatic N) is 2. The molecule has 4 heteroatoms. The van der Waals surface area contributed by atoms with Crippen molar-refractivity contribution in [2.75, 3.05) is 0 Å². The lowest BCUT2D eigenvalue weighted by Gasteiger charge is -2.18. The van der Waals surface area contributed by atoms with Crippen molar-refractivity contribution in [1.82, 2.24) is 15.3 Å². The lowest BCUT2D eigenvalue weighted by atomic mass is 10.1. The molecule has 0 radical (unpaired) electrons. The van der Waals surface area contributed by atoms with Gasteiger partial charge in [-0.3, -0.25) is 4.98 Å². The molecular formula is C13H17N3S. The van der Waals surface area contributed by atoms with Crippen molar-refractivity contribution in [3.63, 3.8) is 0 Å². The highest BCUT2D eigenvalue weighted by Crippen LogP contribution is 2.19. The standard InChI is InChI=1S/C13H17N3S/c1-9(12-6-4-5-7-14-12)15-10(2)13-8-17-11(3)16-13/h4-10,15H,1-3H3/t9-,10?/m1/s1. The maximum atomic E-state index is 4.49. The van der Waals surface area contributed by atoms with Crippen LogP contribution < -0.4 is 5.32 Å². The van der Waals surface area contributed by atoms with Crippen molar-refractivity contribution in [1.29, 1.82) is 0 Å². The van der Waals surface area contributed by atoms with Gasteiger partial charge in [0.25, 0.3) is 0 Å². The third-order valence-corrected chi connectivity index (χ3v) is 3.50. The van der Waals surface area contributed by atoms with Crippen molar-refractivity contribution in [3.05, 3.63) is 46.2 Å². The number of thiazole rings is 1. The van der Waals surface area contributed by atoms with Gasteiger partial charge in [0.15, 0.2) is 0 Å². The second-order valence-electron chi connectivity index (χ2n) is 4.16. The van der Waals surface area contributed by atoms with Crippen LogP contribution in [0.5, 0.6) is 0 Å². The molecule has 0 bridgehead atoms. The van der Waals surface area contributed by atoms with Gasteiger partial charge in [-0.1, -0.05) is 6.07 Å². The number of pyridine rings is 1. The summed E-state index contributed by atoms with van der Waals surface area (Å²) in [7, 11) is 0. The molecule has 3 nitrogen and oxygen atoms in total. The molecule has 2 heterocycles. The Morgan fingerprint density at radius 1 is 1.18 bits per heavy atom. The van der Waals surface area contributed by atoms with E-state index in [4.69, 9.17) is 0 Å². The predicted octanol–water partition coefficient (Wildman–Crippen LogP) is 3.26. The second-order valence-corrected chi connectivity index (χ2v) is 5.22. The summed E-state index contributed by atoms with van der Waals surface area (Å²) in [5.41, 5.74) is 2.17. The maximum absolute atomic E-state index is 4.49. The molecule has 0 aliphatic heterocycles. The van der Waals surface area contributed by atoms with E-state index in [2.05, 4.69) is 34.5 Å². The number of hydrogen-bond acceptors (Lipinski definition) is 4. The summed E-state index contributed by atoms with van der Waals surface area (Å²) < 4.78 is 0. The molecular weight excluding hydrogens is 230 g/mol. The Kier molecular flexibility index (Phi) is 3.86. The second kappa shape index (κ2) is 5.38. The van der Waals surface area contributed by atoms with E-state index in [0.717, 1.165) is 16.4 Å². The zero-order valence-electron chi connectivity index (χ0n) is 10.3. The molecule has 0 spiro atoms. The maximum Gasteiger partial charge on any atom is 0.0898 e. The van der Waals surface area contributed by atoms with Crippen molar-refractivity contribution in [2.45, 2.75) is 32.9 Å². The first kappa shape index (κ1) is 12.2. The molecule has 0 saturated carbocycles. The van der Waals surface area contributed by atoms with Crippen molar-refractivity contribution in [2.24, 2.45) is 0 Å². The van der Waals surface area contributed by atoms with Crippen LogP contribution in [-0.2, 0) is 0 Å². The van der Waals surface area contributed by atoms with Gasteiger partial charge in [-0.25, -0.2) is 4.98 Å². The van der Waals surface area contributed by atoms with E-state index in [0.29, 0.717) is 0 Å². The first-order valence-electron chi connectivity index (χ1n) is 5.76. The molecule has 0 aliphatic rings. The average molecular weight is 247 g/mol. The van der Waals surface area contributed by atoms with E-state index < -0.39 is 0 Å². The summed E-state index contributed by atoms with van der Waals surface area (Å²) >= 11 is 1.69. The zero-order chi connectivity index (χ0) is 12.3. The summed E-state index contributed by atoms with van der Waals surface area (Å²) in [5, 5.41) is 6.73. The lowest BCUT2D eigenvalue weighted by Crippen LogP contribution is -2.23. The molecule has 0 saturated heterocycles. The summed E-state index contributed by atoms with van der Waals surface area (Å²) in [6.07, 6.45) is 1.82. The number of aryl methyl sites for hydroxylation is 1. The van der Waals surface area contributed by atoms with Gasteiger partial charge in [0, 0.05) is 23.7 Å². The van der Waals surface area contributed by atoms with E-state index in [1.165, 1.54) is 0 Å². The normalized spacial score (nSPS) is 14.5. The van der Waals surface area contributed by atoms with Gasteiger partial charge in [0.05, 0.1) is 16.4 Å². The van der Waals surface area contributed by atoms with E-state index in [9.17, 15) is 0 Å². The Balaban J connectivity index is 2.02. The van der Waals surface area contributed by atoms with Gasteiger partial charge in [-0.05, 0) is 32.9 Å². The van der Waals surface area contributed by atoms with Gasteiger partial charge in [-0.15, -0.1) is 11.3 Å². The van der Waals surface area contributed by atoms with Crippen LogP contribution in [0.4, 0.5) is 0 Å². The summed E-state index contributed by atoms with van der Waals surface area (Å²) in [4.78, 5) is 8.84. The zero-order valence-corrected chi connectivity index (χ0v) is 11.2. The SMILES string of the molecule is Cc1nc(C(C)N[C@H](C)c2ccccn2)cs1. The number of aromatic nitrogens is 2. The lowest BCUT2D eigenvalue weighted by molar-refractivity contribution is 0.479. The largest absolute Gasteiger partial charge is 0.301 e.